The van der Waals surface area contributed by atoms with Crippen LogP contribution in [0.1, 0.15) is 111 Å². The first kappa shape index (κ1) is 59.0. The average Bonchev–Trinajstić information content (AvgIpc) is 3.26. The Labute approximate surface area is 395 Å². The highest BCUT2D eigenvalue weighted by atomic mass is 16.5. The smallest absolute Gasteiger partial charge is 0.225 e. The molecular formula is C54H90N2O9. The number of aliphatic hydroxyl groups excluding tert-OH is 1. The van der Waals surface area contributed by atoms with Crippen LogP contribution in [0.3, 0.4) is 0 Å². The molecule has 0 aliphatic rings. The summed E-state index contributed by atoms with van der Waals surface area (Å²) >= 11 is 0. The first-order chi connectivity index (χ1) is 30.8. The molecule has 11 heteroatoms. The van der Waals surface area contributed by atoms with E-state index in [9.17, 15) is 14.7 Å². The molecule has 0 bridgehead atoms. The summed E-state index contributed by atoms with van der Waals surface area (Å²) in [7, 11) is 13.9. The van der Waals surface area contributed by atoms with Crippen molar-refractivity contribution in [2.24, 2.45) is 47.3 Å². The summed E-state index contributed by atoms with van der Waals surface area (Å²) in [5.74, 6) is 5.21. The van der Waals surface area contributed by atoms with E-state index >= 15 is 0 Å². The lowest BCUT2D eigenvalue weighted by atomic mass is 9.83. The Kier molecular flexibility index (Phi) is 29.6. The number of carbonyl (C=O) groups excluding carboxylic acids is 2. The Morgan fingerprint density at radius 2 is 1.00 bits per heavy atom. The summed E-state index contributed by atoms with van der Waals surface area (Å²) in [6.07, 6.45) is 13.8. The number of benzene rings is 2. The van der Waals surface area contributed by atoms with Crippen molar-refractivity contribution in [3.8, 4) is 23.0 Å². The van der Waals surface area contributed by atoms with Crippen molar-refractivity contribution in [1.82, 2.24) is 9.80 Å². The number of hydrogen-bond donors (Lipinski definition) is 1. The summed E-state index contributed by atoms with van der Waals surface area (Å²) in [5.41, 5.74) is 2.06. The minimum absolute atomic E-state index is 0.0296. The minimum Gasteiger partial charge on any atom is -0.493 e. The van der Waals surface area contributed by atoms with Gasteiger partial charge in [-0.2, -0.15) is 0 Å². The third kappa shape index (κ3) is 21.9. The van der Waals surface area contributed by atoms with Crippen LogP contribution in [0.4, 0.5) is 0 Å². The monoisotopic (exact) mass is 911 g/mol. The Balaban J connectivity index is 0.000000650. The van der Waals surface area contributed by atoms with Gasteiger partial charge in [0.05, 0.1) is 33.5 Å². The topological polar surface area (TPSA) is 116 Å². The maximum atomic E-state index is 12.4. The molecule has 0 saturated carbocycles. The lowest BCUT2D eigenvalue weighted by molar-refractivity contribution is -0.135. The van der Waals surface area contributed by atoms with Crippen LogP contribution < -0.4 is 18.9 Å². The van der Waals surface area contributed by atoms with Crippen LogP contribution >= 0.6 is 0 Å². The van der Waals surface area contributed by atoms with Gasteiger partial charge in [0.25, 0.3) is 0 Å². The molecule has 1 unspecified atom stereocenters. The number of methoxy groups -OCH3 is 4. The molecule has 0 spiro atoms. The van der Waals surface area contributed by atoms with E-state index in [0.717, 1.165) is 55.6 Å². The maximum absolute atomic E-state index is 12.4. The van der Waals surface area contributed by atoms with Crippen molar-refractivity contribution >= 4 is 11.8 Å². The second kappa shape index (κ2) is 32.6. The molecule has 5 atom stereocenters. The van der Waals surface area contributed by atoms with Gasteiger partial charge in [-0.3, -0.25) is 9.59 Å². The van der Waals surface area contributed by atoms with E-state index in [1.807, 2.05) is 38.4 Å². The number of aliphatic hydroxyl groups is 1. The summed E-state index contributed by atoms with van der Waals surface area (Å²) < 4.78 is 32.9. The number of carbonyl (C=O) groups is 2. The summed E-state index contributed by atoms with van der Waals surface area (Å²) in [6, 6.07) is 11.8. The number of amides is 2. The Bertz CT molecular complexity index is 1670. The van der Waals surface area contributed by atoms with Gasteiger partial charge in [-0.25, -0.2) is 0 Å². The Morgan fingerprint density at radius 3 is 1.42 bits per heavy atom. The molecule has 2 aromatic carbocycles. The van der Waals surface area contributed by atoms with E-state index in [1.54, 1.807) is 52.3 Å². The van der Waals surface area contributed by atoms with Crippen LogP contribution in [-0.2, 0) is 25.5 Å². The van der Waals surface area contributed by atoms with Gasteiger partial charge in [-0.05, 0) is 103 Å². The van der Waals surface area contributed by atoms with Crippen LogP contribution in [0.15, 0.2) is 60.7 Å². The standard InChI is InChI=1S/C27H45NO5.C27H45NO4/c1-19(2)22(12-9-10-13-23(20(3)4)27(30)28(5)6)26(29)21-14-15-24(32-8)25(18-21)33-17-11-16-31-7;1-20(2)23(12-9-10-13-24(21(3)4)27(29)28(5)6)18-22-14-15-25(31-8)26(19-22)32-17-11-16-30-7/h9-10,14-15,18-20,22-23,26,29H,11-13,16-17H2,1-8H3;9-10,14-15,19-21,23-24H,11-13,16-18H2,1-8H3/b2*10-9+/t22-,23-,26?;23-,24+/m01/s1. The van der Waals surface area contributed by atoms with Crippen molar-refractivity contribution in [2.45, 2.75) is 106 Å². The molecule has 0 radical (unpaired) electrons. The van der Waals surface area contributed by atoms with Gasteiger partial charge < -0.3 is 43.3 Å². The zero-order valence-corrected chi connectivity index (χ0v) is 43.4. The zero-order valence-electron chi connectivity index (χ0n) is 43.4. The Morgan fingerprint density at radius 1 is 0.554 bits per heavy atom. The zero-order chi connectivity index (χ0) is 49.1. The fourth-order valence-electron chi connectivity index (χ4n) is 7.62. The molecule has 65 heavy (non-hydrogen) atoms. The fraction of sp³-hybridized carbons (Fsp3) is 0.667. The van der Waals surface area contributed by atoms with E-state index in [4.69, 9.17) is 28.4 Å². The van der Waals surface area contributed by atoms with Gasteiger partial charge >= 0.3 is 0 Å². The molecule has 2 amide bonds. The molecule has 2 aromatic rings. The van der Waals surface area contributed by atoms with Crippen molar-refractivity contribution in [1.29, 1.82) is 0 Å². The van der Waals surface area contributed by atoms with Crippen molar-refractivity contribution in [3.63, 3.8) is 0 Å². The average molecular weight is 911 g/mol. The van der Waals surface area contributed by atoms with E-state index < -0.39 is 6.10 Å². The first-order valence-electron chi connectivity index (χ1n) is 23.8. The van der Waals surface area contributed by atoms with E-state index in [-0.39, 0.29) is 41.4 Å². The van der Waals surface area contributed by atoms with Gasteiger partial charge in [0.2, 0.25) is 11.8 Å². The SMILES string of the molecule is COCCCOc1cc(C(O)[C@@H](C/C=C/C[C@H](C(=O)N(C)C)C(C)C)C(C)C)ccc1OC.COCCCOc1cc(C[C@@H](C/C=C/C[C@H](C(=O)N(C)C)C(C)C)C(C)C)ccc1OC. The van der Waals surface area contributed by atoms with E-state index in [0.29, 0.717) is 62.1 Å². The molecule has 370 valence electrons. The number of hydrogen-bond acceptors (Lipinski definition) is 9. The van der Waals surface area contributed by atoms with Gasteiger partial charge in [-0.1, -0.05) is 91.8 Å². The van der Waals surface area contributed by atoms with E-state index in [1.165, 1.54) is 5.56 Å². The molecule has 0 aromatic heterocycles. The van der Waals surface area contributed by atoms with Crippen LogP contribution in [0, 0.1) is 47.3 Å². The van der Waals surface area contributed by atoms with E-state index in [2.05, 4.69) is 91.8 Å². The van der Waals surface area contributed by atoms with Crippen molar-refractivity contribution < 1.29 is 43.1 Å². The highest BCUT2D eigenvalue weighted by Gasteiger charge is 2.26. The number of rotatable bonds is 30. The lowest BCUT2D eigenvalue weighted by Gasteiger charge is -2.26. The number of nitrogens with zero attached hydrogens (tertiary/aromatic N) is 2. The molecule has 2 rings (SSSR count). The molecular weight excluding hydrogens is 821 g/mol. The first-order valence-corrected chi connectivity index (χ1v) is 23.8. The molecule has 11 nitrogen and oxygen atoms in total. The molecule has 0 fully saturated rings. The molecule has 0 aliphatic carbocycles. The Hall–Kier alpha value is -4.06. The second-order valence-corrected chi connectivity index (χ2v) is 18.9. The predicted molar refractivity (Wildman–Crippen MR) is 266 cm³/mol. The van der Waals surface area contributed by atoms with Gasteiger partial charge in [-0.15, -0.1) is 0 Å². The third-order valence-corrected chi connectivity index (χ3v) is 12.0. The van der Waals surface area contributed by atoms with Gasteiger partial charge in [0.15, 0.2) is 23.0 Å². The van der Waals surface area contributed by atoms with Crippen LogP contribution in [-0.4, -0.2) is 110 Å². The summed E-state index contributed by atoms with van der Waals surface area (Å²) in [5, 5.41) is 11.2. The normalized spacial score (nSPS) is 14.0. The predicted octanol–water partition coefficient (Wildman–Crippen LogP) is 10.7. The number of allylic oxidation sites excluding steroid dienone is 4. The number of ether oxygens (including phenoxy) is 6. The molecule has 1 N–H and O–H groups in total. The minimum atomic E-state index is -0.633. The largest absolute Gasteiger partial charge is 0.493 e. The molecule has 0 aliphatic heterocycles. The molecule has 0 saturated heterocycles. The van der Waals surface area contributed by atoms with Crippen LogP contribution in [0.2, 0.25) is 0 Å². The van der Waals surface area contributed by atoms with Crippen LogP contribution in [0.5, 0.6) is 23.0 Å². The highest BCUT2D eigenvalue weighted by molar-refractivity contribution is 5.79. The van der Waals surface area contributed by atoms with Crippen molar-refractivity contribution in [2.75, 3.05) is 83.1 Å². The quantitative estimate of drug-likeness (QED) is 0.0604. The van der Waals surface area contributed by atoms with Gasteiger partial charge in [0, 0.05) is 80.3 Å². The van der Waals surface area contributed by atoms with Gasteiger partial charge in [0.1, 0.15) is 0 Å². The second-order valence-electron chi connectivity index (χ2n) is 18.9. The summed E-state index contributed by atoms with van der Waals surface area (Å²) in [4.78, 5) is 28.2. The summed E-state index contributed by atoms with van der Waals surface area (Å²) in [6.45, 7) is 19.6. The molecule has 0 heterocycles. The van der Waals surface area contributed by atoms with Crippen molar-refractivity contribution in [3.05, 3.63) is 71.8 Å². The lowest BCUT2D eigenvalue weighted by Crippen LogP contribution is -2.32. The highest BCUT2D eigenvalue weighted by Crippen LogP contribution is 2.37. The maximum Gasteiger partial charge on any atom is 0.225 e. The third-order valence-electron chi connectivity index (χ3n) is 12.0. The fourth-order valence-corrected chi connectivity index (χ4v) is 7.62. The van der Waals surface area contributed by atoms with Crippen LogP contribution in [0.25, 0.3) is 0 Å².